The molecule has 0 fully saturated rings. The Kier molecular flexibility index (Phi) is 5.48. The zero-order chi connectivity index (χ0) is 18.9. The highest BCUT2D eigenvalue weighted by atomic mass is 16.5. The Hall–Kier alpha value is -2.00. The summed E-state index contributed by atoms with van der Waals surface area (Å²) in [5.41, 5.74) is 4.58. The van der Waals surface area contributed by atoms with E-state index in [1.807, 2.05) is 65.8 Å². The van der Waals surface area contributed by atoms with E-state index < -0.39 is 5.60 Å². The number of rotatable bonds is 5. The quantitative estimate of drug-likeness (QED) is 0.846. The van der Waals surface area contributed by atoms with Crippen molar-refractivity contribution >= 4 is 0 Å². The fraction of sp³-hybridized carbons (Fsp3) is 0.455. The van der Waals surface area contributed by atoms with Crippen LogP contribution >= 0.6 is 0 Å². The Morgan fingerprint density at radius 2 is 1.28 bits per heavy atom. The molecule has 3 heteroatoms. The lowest BCUT2D eigenvalue weighted by molar-refractivity contribution is 0.0285. The van der Waals surface area contributed by atoms with Crippen LogP contribution in [-0.2, 0) is 5.60 Å². The monoisotopic (exact) mass is 342 g/mol. The summed E-state index contributed by atoms with van der Waals surface area (Å²) in [5, 5.41) is 11.9. The molecule has 0 saturated carbocycles. The zero-order valence-corrected chi connectivity index (χ0v) is 16.7. The number of benzene rings is 2. The smallest absolute Gasteiger partial charge is 0.129 e. The van der Waals surface area contributed by atoms with Gasteiger partial charge >= 0.3 is 0 Å². The summed E-state index contributed by atoms with van der Waals surface area (Å²) in [6, 6.07) is 8.05. The maximum Gasteiger partial charge on any atom is 0.129 e. The molecule has 1 unspecified atom stereocenters. The fourth-order valence-corrected chi connectivity index (χ4v) is 3.69. The van der Waals surface area contributed by atoms with Crippen molar-refractivity contribution in [2.75, 3.05) is 14.2 Å². The van der Waals surface area contributed by atoms with Crippen LogP contribution in [0.4, 0.5) is 0 Å². The summed E-state index contributed by atoms with van der Waals surface area (Å²) in [4.78, 5) is 0. The second kappa shape index (κ2) is 7.09. The maximum absolute atomic E-state index is 11.9. The molecule has 0 radical (unpaired) electrons. The molecular formula is C22H30O3. The van der Waals surface area contributed by atoms with Gasteiger partial charge in [-0.15, -0.1) is 0 Å². The van der Waals surface area contributed by atoms with Crippen molar-refractivity contribution in [1.29, 1.82) is 0 Å². The molecular weight excluding hydrogens is 312 g/mol. The highest BCUT2D eigenvalue weighted by Gasteiger charge is 2.41. The van der Waals surface area contributed by atoms with Crippen LogP contribution < -0.4 is 9.47 Å². The van der Waals surface area contributed by atoms with Gasteiger partial charge in [-0.1, -0.05) is 43.7 Å². The van der Waals surface area contributed by atoms with Crippen molar-refractivity contribution in [3.8, 4) is 11.5 Å². The molecule has 0 aromatic heterocycles. The molecule has 2 rings (SSSR count). The molecule has 0 spiro atoms. The topological polar surface area (TPSA) is 38.7 Å². The first-order chi connectivity index (χ1) is 11.7. The van der Waals surface area contributed by atoms with Crippen LogP contribution in [0.25, 0.3) is 0 Å². The average Bonchev–Trinajstić information content (AvgIpc) is 2.58. The molecule has 0 bridgehead atoms. The van der Waals surface area contributed by atoms with Crippen LogP contribution in [0.15, 0.2) is 24.3 Å². The lowest BCUT2D eigenvalue weighted by Crippen LogP contribution is -2.35. The standard InChI is InChI=1S/C22H30O3/c1-13(2)22(23,18-11-9-14(3)10-12-18)19-17(6)20(24-7)15(4)16(5)21(19)25-8/h9-13,23H,1-8H3. The van der Waals surface area contributed by atoms with E-state index in [4.69, 9.17) is 9.47 Å². The highest BCUT2D eigenvalue weighted by molar-refractivity contribution is 5.62. The van der Waals surface area contributed by atoms with E-state index in [1.165, 1.54) is 0 Å². The van der Waals surface area contributed by atoms with Crippen molar-refractivity contribution in [2.24, 2.45) is 5.92 Å². The fourth-order valence-electron chi connectivity index (χ4n) is 3.69. The van der Waals surface area contributed by atoms with E-state index in [0.29, 0.717) is 0 Å². The molecule has 25 heavy (non-hydrogen) atoms. The van der Waals surface area contributed by atoms with Gasteiger partial charge in [0.25, 0.3) is 0 Å². The van der Waals surface area contributed by atoms with Crippen molar-refractivity contribution in [3.05, 3.63) is 57.6 Å². The van der Waals surface area contributed by atoms with E-state index >= 15 is 0 Å². The normalized spacial score (nSPS) is 13.7. The number of ether oxygens (including phenoxy) is 2. The molecule has 1 N–H and O–H groups in total. The molecule has 3 nitrogen and oxygen atoms in total. The molecule has 136 valence electrons. The van der Waals surface area contributed by atoms with E-state index in [-0.39, 0.29) is 5.92 Å². The van der Waals surface area contributed by atoms with Gasteiger partial charge in [0.1, 0.15) is 17.1 Å². The third kappa shape index (κ3) is 3.02. The number of aryl methyl sites for hydroxylation is 1. The second-order valence-electron chi connectivity index (χ2n) is 7.10. The number of hydrogen-bond acceptors (Lipinski definition) is 3. The minimum Gasteiger partial charge on any atom is -0.496 e. The van der Waals surface area contributed by atoms with Gasteiger partial charge in [0.05, 0.1) is 14.2 Å². The van der Waals surface area contributed by atoms with Gasteiger partial charge in [-0.2, -0.15) is 0 Å². The van der Waals surface area contributed by atoms with E-state index in [9.17, 15) is 5.11 Å². The van der Waals surface area contributed by atoms with Gasteiger partial charge in [0.15, 0.2) is 0 Å². The van der Waals surface area contributed by atoms with Gasteiger partial charge in [-0.3, -0.25) is 0 Å². The van der Waals surface area contributed by atoms with Crippen molar-refractivity contribution < 1.29 is 14.6 Å². The van der Waals surface area contributed by atoms with E-state index in [1.54, 1.807) is 14.2 Å². The molecule has 1 atom stereocenters. The van der Waals surface area contributed by atoms with Gasteiger partial charge in [0.2, 0.25) is 0 Å². The second-order valence-corrected chi connectivity index (χ2v) is 7.10. The zero-order valence-electron chi connectivity index (χ0n) is 16.7. The van der Waals surface area contributed by atoms with Gasteiger partial charge in [-0.25, -0.2) is 0 Å². The Morgan fingerprint density at radius 1 is 0.800 bits per heavy atom. The largest absolute Gasteiger partial charge is 0.496 e. The Bertz CT molecular complexity index is 760. The van der Waals surface area contributed by atoms with Gasteiger partial charge in [0, 0.05) is 11.1 Å². The van der Waals surface area contributed by atoms with Gasteiger partial charge < -0.3 is 14.6 Å². The highest BCUT2D eigenvalue weighted by Crippen LogP contribution is 2.48. The molecule has 0 aliphatic heterocycles. The third-order valence-corrected chi connectivity index (χ3v) is 5.30. The SMILES string of the molecule is COc1c(C)c(C)c(OC)c(C(O)(c2ccc(C)cc2)C(C)C)c1C. The average molecular weight is 342 g/mol. The van der Waals surface area contributed by atoms with Crippen LogP contribution in [0, 0.1) is 33.6 Å². The Morgan fingerprint density at radius 3 is 1.72 bits per heavy atom. The Balaban J connectivity index is 2.92. The minimum atomic E-state index is -1.17. The van der Waals surface area contributed by atoms with Crippen LogP contribution in [0.5, 0.6) is 11.5 Å². The first-order valence-corrected chi connectivity index (χ1v) is 8.71. The summed E-state index contributed by atoms with van der Waals surface area (Å²) in [5.74, 6) is 1.49. The number of aliphatic hydroxyl groups is 1. The summed E-state index contributed by atoms with van der Waals surface area (Å²) < 4.78 is 11.4. The third-order valence-electron chi connectivity index (χ3n) is 5.30. The molecule has 0 aliphatic carbocycles. The number of hydrogen-bond donors (Lipinski definition) is 1. The van der Waals surface area contributed by atoms with E-state index in [2.05, 4.69) is 0 Å². The molecule has 2 aromatic carbocycles. The molecule has 0 aliphatic rings. The molecule has 2 aromatic rings. The molecule has 0 heterocycles. The summed E-state index contributed by atoms with van der Waals surface area (Å²) in [7, 11) is 3.33. The predicted molar refractivity (Wildman–Crippen MR) is 103 cm³/mol. The van der Waals surface area contributed by atoms with Crippen LogP contribution in [0.1, 0.15) is 47.2 Å². The van der Waals surface area contributed by atoms with Gasteiger partial charge in [-0.05, 0) is 50.3 Å². The predicted octanol–water partition coefficient (Wildman–Crippen LogP) is 4.83. The number of methoxy groups -OCH3 is 2. The van der Waals surface area contributed by atoms with E-state index in [0.717, 1.165) is 44.9 Å². The maximum atomic E-state index is 11.9. The minimum absolute atomic E-state index is 0.0466. The molecule has 0 amide bonds. The van der Waals surface area contributed by atoms with Crippen molar-refractivity contribution in [1.82, 2.24) is 0 Å². The van der Waals surface area contributed by atoms with Crippen molar-refractivity contribution in [3.63, 3.8) is 0 Å². The van der Waals surface area contributed by atoms with Crippen LogP contribution in [0.2, 0.25) is 0 Å². The van der Waals surface area contributed by atoms with Crippen molar-refractivity contribution in [2.45, 2.75) is 47.1 Å². The molecule has 0 saturated heterocycles. The van der Waals surface area contributed by atoms with Crippen LogP contribution in [0.3, 0.4) is 0 Å². The Labute approximate surface area is 151 Å². The lowest BCUT2D eigenvalue weighted by Gasteiger charge is -2.37. The first kappa shape index (κ1) is 19.3. The first-order valence-electron chi connectivity index (χ1n) is 8.71. The summed E-state index contributed by atoms with van der Waals surface area (Å²) in [6.07, 6.45) is 0. The summed E-state index contributed by atoms with van der Waals surface area (Å²) >= 11 is 0. The summed E-state index contributed by atoms with van der Waals surface area (Å²) in [6.45, 7) is 12.1. The van der Waals surface area contributed by atoms with Crippen LogP contribution in [-0.4, -0.2) is 19.3 Å². The lowest BCUT2D eigenvalue weighted by atomic mass is 9.74.